The number of amides is 2. The van der Waals surface area contributed by atoms with Crippen molar-refractivity contribution in [2.75, 3.05) is 12.3 Å². The van der Waals surface area contributed by atoms with Crippen LogP contribution >= 0.6 is 11.8 Å². The Morgan fingerprint density at radius 2 is 1.94 bits per heavy atom. The van der Waals surface area contributed by atoms with Crippen LogP contribution in [0.25, 0.3) is 0 Å². The summed E-state index contributed by atoms with van der Waals surface area (Å²) in [5.41, 5.74) is 6.04. The van der Waals surface area contributed by atoms with Crippen LogP contribution in [0.1, 0.15) is 32.8 Å². The second-order valence-electron chi connectivity index (χ2n) is 10.1. The molecule has 3 rings (SSSR count). The van der Waals surface area contributed by atoms with E-state index in [-0.39, 0.29) is 29.5 Å². The molecule has 2 aliphatic heterocycles. The quantitative estimate of drug-likeness (QED) is 0.337. The largest absolute Gasteiger partial charge is 0.445 e. The van der Waals surface area contributed by atoms with E-state index in [0.717, 1.165) is 0 Å². The molecule has 0 bridgehead atoms. The summed E-state index contributed by atoms with van der Waals surface area (Å²) < 4.78 is 12.1. The number of hydrogen-bond donors (Lipinski definition) is 1. The predicted molar refractivity (Wildman–Crippen MR) is 133 cm³/mol. The third kappa shape index (κ3) is 5.97. The van der Waals surface area contributed by atoms with Gasteiger partial charge in [0.15, 0.2) is 8.32 Å². The van der Waals surface area contributed by atoms with Gasteiger partial charge in [0.2, 0.25) is 5.91 Å². The normalized spacial score (nSPS) is 23.0. The van der Waals surface area contributed by atoms with Gasteiger partial charge in [-0.25, -0.2) is 4.79 Å². The van der Waals surface area contributed by atoms with Crippen molar-refractivity contribution >= 4 is 42.8 Å². The Kier molecular flexibility index (Phi) is 7.73. The molecule has 12 heteroatoms. The topological polar surface area (TPSA) is 137 Å². The van der Waals surface area contributed by atoms with Crippen LogP contribution in [0, 0.1) is 10.1 Å². The Morgan fingerprint density at radius 1 is 1.29 bits per heavy atom. The standard InChI is InChI=1S/C22H32N4O6SSi/c1-22(2,3)34(4,5)32-16-10-18(20-24-17(13-33-20)19(23)27)25(11-16)21(28)31-12-14-6-8-15(9-7-14)26(29)30/h6-9,16-18H,10-13H2,1-5H3,(H2,23,27). The molecule has 2 heterocycles. The van der Waals surface area contributed by atoms with Gasteiger partial charge in [0.1, 0.15) is 12.6 Å². The molecule has 1 aromatic carbocycles. The Bertz CT molecular complexity index is 979. The van der Waals surface area contributed by atoms with Gasteiger partial charge in [-0.05, 0) is 35.8 Å². The highest BCUT2D eigenvalue weighted by atomic mass is 32.2. The van der Waals surface area contributed by atoms with Gasteiger partial charge >= 0.3 is 6.09 Å². The second-order valence-corrected chi connectivity index (χ2v) is 15.9. The summed E-state index contributed by atoms with van der Waals surface area (Å²) in [7, 11) is -2.08. The zero-order chi connectivity index (χ0) is 25.3. The summed E-state index contributed by atoms with van der Waals surface area (Å²) in [5.74, 6) is -0.0254. The van der Waals surface area contributed by atoms with Gasteiger partial charge in [0.25, 0.3) is 5.69 Å². The number of nitro benzene ring substituents is 1. The van der Waals surface area contributed by atoms with E-state index >= 15 is 0 Å². The molecule has 0 aliphatic carbocycles. The minimum Gasteiger partial charge on any atom is -0.445 e. The highest BCUT2D eigenvalue weighted by molar-refractivity contribution is 8.14. The van der Waals surface area contributed by atoms with Crippen molar-refractivity contribution in [2.45, 2.75) is 70.1 Å². The number of primary amides is 1. The van der Waals surface area contributed by atoms with Crippen molar-refractivity contribution in [1.82, 2.24) is 4.90 Å². The molecular weight excluding hydrogens is 476 g/mol. The van der Waals surface area contributed by atoms with Crippen molar-refractivity contribution in [3.63, 3.8) is 0 Å². The summed E-state index contributed by atoms with van der Waals surface area (Å²) in [6.45, 7) is 11.2. The second kappa shape index (κ2) is 10.0. The zero-order valence-corrected chi connectivity index (χ0v) is 22.0. The van der Waals surface area contributed by atoms with Crippen LogP contribution in [0.3, 0.4) is 0 Å². The molecule has 2 aliphatic rings. The maximum atomic E-state index is 13.1. The number of thioether (sulfide) groups is 1. The maximum Gasteiger partial charge on any atom is 0.410 e. The van der Waals surface area contributed by atoms with E-state index in [4.69, 9.17) is 14.9 Å². The number of benzene rings is 1. The smallest absolute Gasteiger partial charge is 0.410 e. The summed E-state index contributed by atoms with van der Waals surface area (Å²) >= 11 is 1.43. The highest BCUT2D eigenvalue weighted by Crippen LogP contribution is 2.40. The molecule has 1 saturated heterocycles. The lowest BCUT2D eigenvalue weighted by Gasteiger charge is -2.38. The van der Waals surface area contributed by atoms with Crippen LogP contribution in [0.4, 0.5) is 10.5 Å². The number of nitrogens with two attached hydrogens (primary N) is 1. The number of non-ortho nitro benzene ring substituents is 1. The van der Waals surface area contributed by atoms with Gasteiger partial charge in [0, 0.05) is 30.9 Å². The van der Waals surface area contributed by atoms with Gasteiger partial charge in [-0.1, -0.05) is 20.8 Å². The predicted octanol–water partition coefficient (Wildman–Crippen LogP) is 3.70. The van der Waals surface area contributed by atoms with Crippen LogP contribution in [-0.2, 0) is 20.6 Å². The Balaban J connectivity index is 1.74. The molecule has 2 amide bonds. The number of carbonyl (C=O) groups is 2. The molecule has 3 atom stereocenters. The lowest BCUT2D eigenvalue weighted by atomic mass is 10.2. The Morgan fingerprint density at radius 3 is 2.47 bits per heavy atom. The molecule has 0 radical (unpaired) electrons. The molecule has 0 spiro atoms. The minimum absolute atomic E-state index is 0.0165. The number of aliphatic imine (C=N–C) groups is 1. The molecule has 1 fully saturated rings. The monoisotopic (exact) mass is 508 g/mol. The summed E-state index contributed by atoms with van der Waals surface area (Å²) in [4.78, 5) is 41.1. The van der Waals surface area contributed by atoms with E-state index in [1.165, 1.54) is 23.9 Å². The van der Waals surface area contributed by atoms with Crippen molar-refractivity contribution in [1.29, 1.82) is 0 Å². The fourth-order valence-corrected chi connectivity index (χ4v) is 6.12. The van der Waals surface area contributed by atoms with Crippen LogP contribution in [0.5, 0.6) is 0 Å². The number of nitrogens with zero attached hydrogens (tertiary/aromatic N) is 3. The molecule has 1 aromatic rings. The number of nitro groups is 1. The first kappa shape index (κ1) is 26.2. The van der Waals surface area contributed by atoms with Crippen LogP contribution < -0.4 is 5.73 Å². The highest BCUT2D eigenvalue weighted by Gasteiger charge is 2.46. The van der Waals surface area contributed by atoms with E-state index in [1.54, 1.807) is 17.0 Å². The number of likely N-dealkylation sites (tertiary alicyclic amines) is 1. The molecule has 0 saturated carbocycles. The van der Waals surface area contributed by atoms with Gasteiger partial charge in [-0.2, -0.15) is 0 Å². The zero-order valence-electron chi connectivity index (χ0n) is 20.1. The summed E-state index contributed by atoms with van der Waals surface area (Å²) in [5, 5.41) is 11.5. The average Bonchev–Trinajstić information content (AvgIpc) is 3.38. The van der Waals surface area contributed by atoms with Gasteiger partial charge < -0.3 is 14.9 Å². The number of carbonyl (C=O) groups excluding carboxylic acids is 2. The molecule has 10 nitrogen and oxygen atoms in total. The fourth-order valence-electron chi connectivity index (χ4n) is 3.57. The van der Waals surface area contributed by atoms with Crippen molar-refractivity contribution in [3.8, 4) is 0 Å². The third-order valence-corrected chi connectivity index (χ3v) is 12.3. The van der Waals surface area contributed by atoms with E-state index < -0.39 is 31.3 Å². The van der Waals surface area contributed by atoms with Crippen molar-refractivity contribution < 1.29 is 23.7 Å². The van der Waals surface area contributed by atoms with Crippen molar-refractivity contribution in [2.24, 2.45) is 10.7 Å². The first-order valence-electron chi connectivity index (χ1n) is 11.1. The molecule has 2 N–H and O–H groups in total. The first-order valence-corrected chi connectivity index (χ1v) is 15.0. The lowest BCUT2D eigenvalue weighted by Crippen LogP contribution is -2.45. The van der Waals surface area contributed by atoms with Crippen LogP contribution in [-0.4, -0.2) is 65.7 Å². The average molecular weight is 509 g/mol. The molecular formula is C22H32N4O6SSi. The van der Waals surface area contributed by atoms with Gasteiger partial charge in [-0.3, -0.25) is 24.8 Å². The van der Waals surface area contributed by atoms with Crippen molar-refractivity contribution in [3.05, 3.63) is 39.9 Å². The molecule has 34 heavy (non-hydrogen) atoms. The van der Waals surface area contributed by atoms with Gasteiger partial charge in [0.05, 0.1) is 22.1 Å². The molecule has 186 valence electrons. The SMILES string of the molecule is CC(C)(C)[Si](C)(C)OC1CC(C2=NC(C(N)=O)CS2)N(C(=O)OCc2ccc([N+](=O)[O-])cc2)C1. The summed E-state index contributed by atoms with van der Waals surface area (Å²) in [6, 6.07) is 4.92. The van der Waals surface area contributed by atoms with Gasteiger partial charge in [-0.15, -0.1) is 11.8 Å². The first-order chi connectivity index (χ1) is 15.8. The maximum absolute atomic E-state index is 13.1. The van der Waals surface area contributed by atoms with Crippen LogP contribution in [0.2, 0.25) is 18.1 Å². The van der Waals surface area contributed by atoms with E-state index in [9.17, 15) is 19.7 Å². The molecule has 3 unspecified atom stereocenters. The van der Waals surface area contributed by atoms with Crippen LogP contribution in [0.15, 0.2) is 29.3 Å². The minimum atomic E-state index is -2.08. The summed E-state index contributed by atoms with van der Waals surface area (Å²) in [6.07, 6.45) is -0.125. The Labute approximate surface area is 204 Å². The third-order valence-electron chi connectivity index (χ3n) is 6.56. The Hall–Kier alpha value is -2.44. The molecule has 0 aromatic heterocycles. The number of rotatable bonds is 7. The number of ether oxygens (including phenoxy) is 1. The number of hydrogen-bond acceptors (Lipinski definition) is 8. The van der Waals surface area contributed by atoms with E-state index in [2.05, 4.69) is 38.9 Å². The van der Waals surface area contributed by atoms with E-state index in [0.29, 0.717) is 29.3 Å². The lowest BCUT2D eigenvalue weighted by molar-refractivity contribution is -0.384. The van der Waals surface area contributed by atoms with E-state index in [1.807, 2.05) is 0 Å². The fraction of sp³-hybridized carbons (Fsp3) is 0.591.